The number of aliphatic carboxylic acids is 2. The summed E-state index contributed by atoms with van der Waals surface area (Å²) in [5.74, 6) is -3.65. The molecule has 72 valence electrons. The maximum Gasteiger partial charge on any atom is 0.414 e. The van der Waals surface area contributed by atoms with E-state index in [-0.39, 0.29) is 0 Å². The lowest BCUT2D eigenvalue weighted by atomic mass is 10.5. The van der Waals surface area contributed by atoms with Gasteiger partial charge < -0.3 is 15.3 Å². The molecule has 0 saturated heterocycles. The van der Waals surface area contributed by atoms with Gasteiger partial charge in [0.15, 0.2) is 0 Å². The summed E-state index contributed by atoms with van der Waals surface area (Å²) in [7, 11) is 0. The Kier molecular flexibility index (Phi) is 7.07. The van der Waals surface area contributed by atoms with Gasteiger partial charge in [0.25, 0.3) is 0 Å². The number of aliphatic hydroxyl groups is 1. The lowest BCUT2D eigenvalue weighted by molar-refractivity contribution is -0.159. The Morgan fingerprint density at radius 1 is 1.25 bits per heavy atom. The van der Waals surface area contributed by atoms with Crippen LogP contribution in [0.2, 0.25) is 0 Å². The minimum atomic E-state index is -1.82. The summed E-state index contributed by atoms with van der Waals surface area (Å²) in [6, 6.07) is 0. The summed E-state index contributed by atoms with van der Waals surface area (Å²) < 4.78 is -1.51. The zero-order chi connectivity index (χ0) is 10.4. The highest BCUT2D eigenvalue weighted by Crippen LogP contribution is 2.19. The average Bonchev–Trinajstić information content (AvgIpc) is 1.87. The van der Waals surface area contributed by atoms with Crippen LogP contribution in [0.4, 0.5) is 0 Å². The molecule has 0 saturated carbocycles. The molecule has 0 bridgehead atoms. The van der Waals surface area contributed by atoms with Crippen molar-refractivity contribution in [3.63, 3.8) is 0 Å². The normalized spacial score (nSPS) is 9.67. The zero-order valence-corrected chi connectivity index (χ0v) is 7.63. The summed E-state index contributed by atoms with van der Waals surface area (Å²) in [5, 5.41) is 23.1. The molecule has 7 heteroatoms. The maximum absolute atomic E-state index is 9.10. The fraction of sp³-hybridized carbons (Fsp3) is 0.600. The van der Waals surface area contributed by atoms with Crippen molar-refractivity contribution in [3.8, 4) is 0 Å². The molecular weight excluding hydrogens is 211 g/mol. The first-order valence-electron chi connectivity index (χ1n) is 2.77. The van der Waals surface area contributed by atoms with Gasteiger partial charge in [-0.05, 0) is 0 Å². The fourth-order valence-electron chi connectivity index (χ4n) is 0. The van der Waals surface area contributed by atoms with Crippen molar-refractivity contribution in [3.05, 3.63) is 0 Å². The molecule has 0 aliphatic rings. The van der Waals surface area contributed by atoms with Crippen molar-refractivity contribution >= 4 is 35.1 Å². The van der Waals surface area contributed by atoms with Gasteiger partial charge in [0.1, 0.15) is 0 Å². The van der Waals surface area contributed by atoms with Crippen molar-refractivity contribution in [1.82, 2.24) is 0 Å². The van der Waals surface area contributed by atoms with Crippen LogP contribution in [0, 0.1) is 0 Å². The van der Waals surface area contributed by atoms with Crippen LogP contribution in [-0.2, 0) is 9.59 Å². The van der Waals surface area contributed by atoms with E-state index in [9.17, 15) is 0 Å². The third-order valence-corrected chi connectivity index (χ3v) is 1.14. The summed E-state index contributed by atoms with van der Waals surface area (Å²) in [4.78, 5) is 18.2. The van der Waals surface area contributed by atoms with Crippen LogP contribution in [0.15, 0.2) is 0 Å². The van der Waals surface area contributed by atoms with E-state index in [1.807, 2.05) is 0 Å². The van der Waals surface area contributed by atoms with Gasteiger partial charge in [0.05, 0.1) is 0 Å². The number of hydrogen-bond acceptors (Lipinski definition) is 3. The van der Waals surface area contributed by atoms with E-state index < -0.39 is 16.5 Å². The van der Waals surface area contributed by atoms with E-state index in [2.05, 4.69) is 0 Å². The van der Waals surface area contributed by atoms with Gasteiger partial charge in [-0.3, -0.25) is 0 Å². The van der Waals surface area contributed by atoms with Gasteiger partial charge >= 0.3 is 11.9 Å². The first kappa shape index (κ1) is 14.0. The molecule has 0 radical (unpaired) electrons. The van der Waals surface area contributed by atoms with Gasteiger partial charge in [0, 0.05) is 6.42 Å². The SMILES string of the molecule is CCC(O)(Cl)Cl.O=C(O)C(=O)O. The average molecular weight is 219 g/mol. The fourth-order valence-corrected chi connectivity index (χ4v) is 0. The van der Waals surface area contributed by atoms with E-state index in [4.69, 9.17) is 48.1 Å². The quantitative estimate of drug-likeness (QED) is 0.445. The molecule has 3 N–H and O–H groups in total. The van der Waals surface area contributed by atoms with Crippen molar-refractivity contribution in [2.45, 2.75) is 17.9 Å². The van der Waals surface area contributed by atoms with Crippen molar-refractivity contribution < 1.29 is 24.9 Å². The molecule has 0 aromatic heterocycles. The van der Waals surface area contributed by atoms with Crippen LogP contribution in [0.5, 0.6) is 0 Å². The molecule has 0 aromatic rings. The molecule has 0 fully saturated rings. The minimum absolute atomic E-state index is 0.357. The van der Waals surface area contributed by atoms with Crippen molar-refractivity contribution in [1.29, 1.82) is 0 Å². The summed E-state index contributed by atoms with van der Waals surface area (Å²) in [6.07, 6.45) is 0.357. The number of carbonyl (C=O) groups is 2. The Bertz CT molecular complexity index is 150. The van der Waals surface area contributed by atoms with Crippen LogP contribution in [0.3, 0.4) is 0 Å². The second-order valence-corrected chi connectivity index (χ2v) is 3.07. The standard InChI is InChI=1S/C3H6Cl2O.C2H2O4/c1-2-3(4,5)6;3-1(4)2(5)6/h6H,2H2,1H3;(H,3,4)(H,5,6). The number of carboxylic acid groups (broad SMARTS) is 2. The van der Waals surface area contributed by atoms with Crippen molar-refractivity contribution in [2.24, 2.45) is 0 Å². The van der Waals surface area contributed by atoms with E-state index in [0.717, 1.165) is 0 Å². The predicted octanol–water partition coefficient (Wildman–Crippen LogP) is 0.676. The van der Waals surface area contributed by atoms with Crippen LogP contribution < -0.4 is 0 Å². The van der Waals surface area contributed by atoms with Gasteiger partial charge in [0.2, 0.25) is 4.52 Å². The number of carboxylic acids is 2. The first-order valence-corrected chi connectivity index (χ1v) is 3.52. The smallest absolute Gasteiger partial charge is 0.414 e. The number of hydrogen-bond donors (Lipinski definition) is 3. The maximum atomic E-state index is 9.10. The number of rotatable bonds is 1. The summed E-state index contributed by atoms with van der Waals surface area (Å²) >= 11 is 10.1. The van der Waals surface area contributed by atoms with Crippen LogP contribution in [0.1, 0.15) is 13.3 Å². The van der Waals surface area contributed by atoms with Crippen molar-refractivity contribution in [2.75, 3.05) is 0 Å². The lowest BCUT2D eigenvalue weighted by Crippen LogP contribution is -2.09. The molecule has 0 amide bonds. The number of halogens is 2. The van der Waals surface area contributed by atoms with Gasteiger partial charge in [-0.2, -0.15) is 0 Å². The van der Waals surface area contributed by atoms with E-state index in [1.54, 1.807) is 6.92 Å². The monoisotopic (exact) mass is 218 g/mol. The Hall–Kier alpha value is -0.520. The molecule has 0 unspecified atom stereocenters. The first-order chi connectivity index (χ1) is 5.20. The highest BCUT2D eigenvalue weighted by molar-refractivity contribution is 6.46. The summed E-state index contributed by atoms with van der Waals surface area (Å²) in [6.45, 7) is 1.69. The Morgan fingerprint density at radius 2 is 1.42 bits per heavy atom. The van der Waals surface area contributed by atoms with Gasteiger partial charge in [-0.15, -0.1) is 0 Å². The van der Waals surface area contributed by atoms with E-state index >= 15 is 0 Å². The van der Waals surface area contributed by atoms with Gasteiger partial charge in [-0.1, -0.05) is 30.1 Å². The topological polar surface area (TPSA) is 94.8 Å². The third-order valence-electron chi connectivity index (χ3n) is 0.608. The molecule has 12 heavy (non-hydrogen) atoms. The zero-order valence-electron chi connectivity index (χ0n) is 6.12. The van der Waals surface area contributed by atoms with Crippen LogP contribution in [0.25, 0.3) is 0 Å². The molecule has 0 aromatic carbocycles. The lowest BCUT2D eigenvalue weighted by Gasteiger charge is -2.04. The molecule has 0 aliphatic carbocycles. The second-order valence-electron chi connectivity index (χ2n) is 1.63. The Balaban J connectivity index is 0. The Labute approximate surface area is 78.5 Å². The molecule has 0 heterocycles. The van der Waals surface area contributed by atoms with E-state index in [0.29, 0.717) is 6.42 Å². The largest absolute Gasteiger partial charge is 0.473 e. The summed E-state index contributed by atoms with van der Waals surface area (Å²) in [5.41, 5.74) is 0. The molecular formula is C5H8Cl2O5. The highest BCUT2D eigenvalue weighted by Gasteiger charge is 2.13. The van der Waals surface area contributed by atoms with Crippen LogP contribution in [-0.4, -0.2) is 31.8 Å². The number of alkyl halides is 2. The Morgan fingerprint density at radius 3 is 1.42 bits per heavy atom. The van der Waals surface area contributed by atoms with E-state index in [1.165, 1.54) is 0 Å². The molecule has 0 rings (SSSR count). The predicted molar refractivity (Wildman–Crippen MR) is 42.2 cm³/mol. The molecule has 0 spiro atoms. The molecule has 0 aliphatic heterocycles. The second kappa shape index (κ2) is 6.05. The van der Waals surface area contributed by atoms with Gasteiger partial charge in [-0.25, -0.2) is 9.59 Å². The van der Waals surface area contributed by atoms with Crippen LogP contribution >= 0.6 is 23.2 Å². The molecule has 5 nitrogen and oxygen atoms in total. The third kappa shape index (κ3) is 16.2. The minimum Gasteiger partial charge on any atom is -0.473 e. The highest BCUT2D eigenvalue weighted by atomic mass is 35.5. The molecule has 0 atom stereocenters.